The van der Waals surface area contributed by atoms with Crippen LogP contribution < -0.4 is 18.9 Å². The Labute approximate surface area is 219 Å². The number of amides is 1. The van der Waals surface area contributed by atoms with Gasteiger partial charge in [-0.3, -0.25) is 4.79 Å². The molecule has 198 valence electrons. The van der Waals surface area contributed by atoms with Crippen molar-refractivity contribution in [2.24, 2.45) is 0 Å². The number of nitrogens with one attached hydrogen (secondary N) is 1. The van der Waals surface area contributed by atoms with E-state index in [1.54, 1.807) is 57.5 Å². The van der Waals surface area contributed by atoms with Crippen molar-refractivity contribution in [3.63, 3.8) is 0 Å². The molecule has 0 heterocycles. The van der Waals surface area contributed by atoms with Gasteiger partial charge < -0.3 is 19.1 Å². The van der Waals surface area contributed by atoms with Crippen LogP contribution in [0.2, 0.25) is 0 Å². The van der Waals surface area contributed by atoms with E-state index in [1.165, 1.54) is 0 Å². The van der Waals surface area contributed by atoms with Crippen molar-refractivity contribution in [2.75, 3.05) is 28.4 Å². The first-order valence-electron chi connectivity index (χ1n) is 11.9. The number of carbonyl (C=O) groups excluding carboxylic acids is 1. The molecular weight excluding hydrogens is 492 g/mol. The number of benzene rings is 3. The Morgan fingerprint density at radius 3 is 2.03 bits per heavy atom. The first-order chi connectivity index (χ1) is 17.7. The largest absolute Gasteiger partial charge is 0.493 e. The lowest BCUT2D eigenvalue weighted by Crippen LogP contribution is -2.27. The van der Waals surface area contributed by atoms with Gasteiger partial charge in [0.1, 0.15) is 0 Å². The molecule has 37 heavy (non-hydrogen) atoms. The molecule has 0 radical (unpaired) electrons. The van der Waals surface area contributed by atoms with Crippen LogP contribution in [0.3, 0.4) is 0 Å². The van der Waals surface area contributed by atoms with Gasteiger partial charge in [-0.2, -0.15) is 0 Å². The summed E-state index contributed by atoms with van der Waals surface area (Å²) >= 11 is 0. The highest BCUT2D eigenvalue weighted by atomic mass is 32.2. The molecule has 9 heteroatoms. The molecule has 1 unspecified atom stereocenters. The second-order valence-electron chi connectivity index (χ2n) is 8.68. The van der Waals surface area contributed by atoms with E-state index in [1.807, 2.05) is 49.4 Å². The highest BCUT2D eigenvalue weighted by Crippen LogP contribution is 2.38. The quantitative estimate of drug-likeness (QED) is 0.377. The van der Waals surface area contributed by atoms with E-state index in [0.29, 0.717) is 30.2 Å². The maximum absolute atomic E-state index is 12.8. The Morgan fingerprint density at radius 2 is 1.49 bits per heavy atom. The predicted molar refractivity (Wildman–Crippen MR) is 143 cm³/mol. The Hall–Kier alpha value is -3.56. The van der Waals surface area contributed by atoms with Crippen LogP contribution in [0.1, 0.15) is 36.1 Å². The van der Waals surface area contributed by atoms with E-state index >= 15 is 0 Å². The summed E-state index contributed by atoms with van der Waals surface area (Å²) in [6.45, 7) is 2.18. The van der Waals surface area contributed by atoms with Gasteiger partial charge in [-0.1, -0.05) is 42.5 Å². The molecule has 0 bridgehead atoms. The average Bonchev–Trinajstić information content (AvgIpc) is 2.91. The number of hydrogen-bond donors (Lipinski definition) is 1. The molecule has 0 saturated heterocycles. The number of rotatable bonds is 12. The molecule has 3 aromatic rings. The fourth-order valence-corrected chi connectivity index (χ4v) is 5.21. The average molecular weight is 527 g/mol. The van der Waals surface area contributed by atoms with Crippen LogP contribution in [-0.2, 0) is 27.8 Å². The molecule has 1 amide bonds. The fourth-order valence-electron chi connectivity index (χ4n) is 3.98. The Kier molecular flexibility index (Phi) is 9.54. The van der Waals surface area contributed by atoms with Crippen LogP contribution >= 0.6 is 0 Å². The molecule has 1 N–H and O–H groups in total. The smallest absolute Gasteiger partial charge is 0.241 e. The first-order valence-corrected chi connectivity index (χ1v) is 13.4. The molecule has 0 saturated carbocycles. The summed E-state index contributed by atoms with van der Waals surface area (Å²) < 4.78 is 44.4. The molecule has 3 aromatic carbocycles. The molecule has 0 aliphatic heterocycles. The number of ether oxygens (including phenoxy) is 3. The van der Waals surface area contributed by atoms with Crippen molar-refractivity contribution in [3.8, 4) is 17.2 Å². The van der Waals surface area contributed by atoms with Gasteiger partial charge in [0.15, 0.2) is 11.5 Å². The van der Waals surface area contributed by atoms with Crippen molar-refractivity contribution < 1.29 is 27.4 Å². The van der Waals surface area contributed by atoms with Gasteiger partial charge in [0.25, 0.3) is 0 Å². The van der Waals surface area contributed by atoms with Gasteiger partial charge in [0, 0.05) is 26.1 Å². The summed E-state index contributed by atoms with van der Waals surface area (Å²) in [5.74, 6) is 1.52. The monoisotopic (exact) mass is 526 g/mol. The van der Waals surface area contributed by atoms with Gasteiger partial charge in [-0.05, 0) is 54.3 Å². The molecule has 0 aliphatic rings. The van der Waals surface area contributed by atoms with Crippen LogP contribution in [0, 0.1) is 0 Å². The normalized spacial score (nSPS) is 12.0. The molecular formula is C28H34N2O6S. The molecule has 8 nitrogen and oxygen atoms in total. The first kappa shape index (κ1) is 28.0. The van der Waals surface area contributed by atoms with Crippen molar-refractivity contribution >= 4 is 15.9 Å². The molecule has 0 spiro atoms. The van der Waals surface area contributed by atoms with Crippen molar-refractivity contribution in [1.82, 2.24) is 9.62 Å². The van der Waals surface area contributed by atoms with Crippen LogP contribution in [-0.4, -0.2) is 47.6 Å². The number of hydrogen-bond acceptors (Lipinski definition) is 6. The molecule has 0 aliphatic carbocycles. The van der Waals surface area contributed by atoms with Gasteiger partial charge in [0.05, 0.1) is 26.2 Å². The third-order valence-electron chi connectivity index (χ3n) is 6.06. The summed E-state index contributed by atoms with van der Waals surface area (Å²) in [5, 5.41) is 0. The zero-order valence-electron chi connectivity index (χ0n) is 21.9. The maximum atomic E-state index is 12.8. The van der Waals surface area contributed by atoms with Crippen molar-refractivity contribution in [3.05, 3.63) is 83.4 Å². The summed E-state index contributed by atoms with van der Waals surface area (Å²) in [7, 11) is 2.70. The topological polar surface area (TPSA) is 94.2 Å². The highest BCUT2D eigenvalue weighted by molar-refractivity contribution is 7.89. The van der Waals surface area contributed by atoms with Crippen molar-refractivity contribution in [2.45, 2.75) is 37.2 Å². The van der Waals surface area contributed by atoms with Crippen LogP contribution in [0.25, 0.3) is 0 Å². The van der Waals surface area contributed by atoms with Crippen LogP contribution in [0.5, 0.6) is 17.2 Å². The zero-order valence-corrected chi connectivity index (χ0v) is 22.7. The highest BCUT2D eigenvalue weighted by Gasteiger charge is 2.19. The predicted octanol–water partition coefficient (Wildman–Crippen LogP) is 4.34. The SMILES string of the molecule is COc1cc(CN(C)C(=O)CCc2ccc(S(=O)(=O)NC(C)c3ccccc3)cc2)cc(OC)c1OC. The van der Waals surface area contributed by atoms with Crippen LogP contribution in [0.15, 0.2) is 71.6 Å². The second-order valence-corrected chi connectivity index (χ2v) is 10.4. The Balaban J connectivity index is 1.58. The van der Waals surface area contributed by atoms with E-state index in [4.69, 9.17) is 14.2 Å². The van der Waals surface area contributed by atoms with E-state index in [2.05, 4.69) is 4.72 Å². The lowest BCUT2D eigenvalue weighted by atomic mass is 10.1. The van der Waals surface area contributed by atoms with Crippen molar-refractivity contribution in [1.29, 1.82) is 0 Å². The molecule has 0 aromatic heterocycles. The van der Waals surface area contributed by atoms with Gasteiger partial charge >= 0.3 is 0 Å². The number of aryl methyl sites for hydroxylation is 1. The van der Waals surface area contributed by atoms with Gasteiger partial charge in [0.2, 0.25) is 21.7 Å². The Morgan fingerprint density at radius 1 is 0.892 bits per heavy atom. The van der Waals surface area contributed by atoms with E-state index < -0.39 is 10.0 Å². The summed E-state index contributed by atoms with van der Waals surface area (Å²) in [4.78, 5) is 14.6. The lowest BCUT2D eigenvalue weighted by molar-refractivity contribution is -0.130. The Bertz CT molecular complexity index is 1270. The third-order valence-corrected chi connectivity index (χ3v) is 7.62. The summed E-state index contributed by atoms with van der Waals surface area (Å²) in [5.41, 5.74) is 2.61. The fraction of sp³-hybridized carbons (Fsp3) is 0.321. The number of nitrogens with zero attached hydrogens (tertiary/aromatic N) is 1. The minimum Gasteiger partial charge on any atom is -0.493 e. The van der Waals surface area contributed by atoms with E-state index in [-0.39, 0.29) is 23.3 Å². The molecule has 1 atom stereocenters. The summed E-state index contributed by atoms with van der Waals surface area (Å²) in [6, 6.07) is 19.3. The van der Waals surface area contributed by atoms with Gasteiger partial charge in [-0.15, -0.1) is 0 Å². The molecule has 3 rings (SSSR count). The minimum atomic E-state index is -3.67. The standard InChI is InChI=1S/C28H34N2O6S/c1-20(23-9-7-6-8-10-23)29-37(32,33)24-14-11-21(12-15-24)13-16-27(31)30(2)19-22-17-25(34-3)28(36-5)26(18-22)35-4/h6-12,14-15,17-18,20,29H,13,16,19H2,1-5H3. The third kappa shape index (κ3) is 7.24. The number of methoxy groups -OCH3 is 3. The lowest BCUT2D eigenvalue weighted by Gasteiger charge is -2.20. The second kappa shape index (κ2) is 12.6. The number of sulfonamides is 1. The summed E-state index contributed by atoms with van der Waals surface area (Å²) in [6.07, 6.45) is 0.781. The minimum absolute atomic E-state index is 0.0381. The van der Waals surface area contributed by atoms with E-state index in [0.717, 1.165) is 16.7 Å². The van der Waals surface area contributed by atoms with Crippen LogP contribution in [0.4, 0.5) is 0 Å². The van der Waals surface area contributed by atoms with Gasteiger partial charge in [-0.25, -0.2) is 13.1 Å². The maximum Gasteiger partial charge on any atom is 0.241 e. The molecule has 0 fully saturated rings. The van der Waals surface area contributed by atoms with E-state index in [9.17, 15) is 13.2 Å². The number of carbonyl (C=O) groups is 1. The zero-order chi connectivity index (χ0) is 27.0.